The first-order chi connectivity index (χ1) is 9.21. The number of thioether (sulfide) groups is 1. The van der Waals surface area contributed by atoms with Crippen LogP contribution >= 0.6 is 27.7 Å². The van der Waals surface area contributed by atoms with Crippen molar-refractivity contribution >= 4 is 33.7 Å². The van der Waals surface area contributed by atoms with Gasteiger partial charge in [0.05, 0.1) is 7.11 Å². The maximum absolute atomic E-state index is 5.34. The molecule has 0 spiro atoms. The summed E-state index contributed by atoms with van der Waals surface area (Å²) in [6.45, 7) is 1.57. The second-order valence-corrected chi connectivity index (χ2v) is 5.70. The van der Waals surface area contributed by atoms with Crippen molar-refractivity contribution in [3.63, 3.8) is 0 Å². The largest absolute Gasteiger partial charge is 0.496 e. The zero-order chi connectivity index (χ0) is 14.1. The van der Waals surface area contributed by atoms with Gasteiger partial charge in [-0.05, 0) is 24.5 Å². The molecule has 0 heterocycles. The number of aliphatic imine (C=N–C) groups is 1. The highest BCUT2D eigenvalue weighted by molar-refractivity contribution is 9.10. The predicted molar refractivity (Wildman–Crippen MR) is 87.3 cm³/mol. The van der Waals surface area contributed by atoms with Gasteiger partial charge in [-0.2, -0.15) is 11.8 Å². The molecule has 0 aliphatic heterocycles. The van der Waals surface area contributed by atoms with E-state index in [1.165, 1.54) is 0 Å². The molecule has 0 atom stereocenters. The molecule has 0 radical (unpaired) electrons. The quantitative estimate of drug-likeness (QED) is 0.472. The Bertz CT molecular complexity index is 426. The maximum atomic E-state index is 5.34. The second-order valence-electron chi connectivity index (χ2n) is 3.80. The minimum absolute atomic E-state index is 0.668. The summed E-state index contributed by atoms with van der Waals surface area (Å²) >= 11 is 5.27. The number of nitrogens with zero attached hydrogens (tertiary/aromatic N) is 1. The molecule has 0 amide bonds. The topological polar surface area (TPSA) is 45.7 Å². The SMILES string of the molecule is CN=C(NCCSC)NCc1cc(Br)ccc1OC. The van der Waals surface area contributed by atoms with Crippen LogP contribution in [0.2, 0.25) is 0 Å². The minimum atomic E-state index is 0.668. The summed E-state index contributed by atoms with van der Waals surface area (Å²) in [6, 6.07) is 5.96. The fourth-order valence-corrected chi connectivity index (χ4v) is 2.27. The Morgan fingerprint density at radius 2 is 2.21 bits per heavy atom. The molecule has 1 aromatic carbocycles. The third-order valence-electron chi connectivity index (χ3n) is 2.51. The molecule has 0 unspecified atom stereocenters. The lowest BCUT2D eigenvalue weighted by Crippen LogP contribution is -2.38. The normalized spacial score (nSPS) is 11.3. The van der Waals surface area contributed by atoms with Crippen LogP contribution in [0, 0.1) is 0 Å². The molecule has 0 aliphatic rings. The second kappa shape index (κ2) is 9.09. The molecule has 1 aromatic rings. The van der Waals surface area contributed by atoms with Gasteiger partial charge < -0.3 is 15.4 Å². The standard InChI is InChI=1S/C13H20BrN3OS/c1-15-13(16-6-7-19-3)17-9-10-8-11(14)4-5-12(10)18-2/h4-5,8H,6-7,9H2,1-3H3,(H2,15,16,17). The van der Waals surface area contributed by atoms with Gasteiger partial charge in [0.1, 0.15) is 5.75 Å². The van der Waals surface area contributed by atoms with E-state index in [4.69, 9.17) is 4.74 Å². The van der Waals surface area contributed by atoms with Crippen molar-refractivity contribution in [2.24, 2.45) is 4.99 Å². The highest BCUT2D eigenvalue weighted by Gasteiger charge is 2.04. The van der Waals surface area contributed by atoms with E-state index < -0.39 is 0 Å². The van der Waals surface area contributed by atoms with Gasteiger partial charge in [0.15, 0.2) is 5.96 Å². The Kier molecular flexibility index (Phi) is 7.74. The van der Waals surface area contributed by atoms with E-state index in [1.807, 2.05) is 18.2 Å². The van der Waals surface area contributed by atoms with Crippen molar-refractivity contribution in [1.82, 2.24) is 10.6 Å². The highest BCUT2D eigenvalue weighted by atomic mass is 79.9. The zero-order valence-electron chi connectivity index (χ0n) is 11.5. The average molecular weight is 346 g/mol. The van der Waals surface area contributed by atoms with Gasteiger partial charge in [-0.3, -0.25) is 4.99 Å². The summed E-state index contributed by atoms with van der Waals surface area (Å²) < 4.78 is 6.38. The van der Waals surface area contributed by atoms with Crippen molar-refractivity contribution in [2.45, 2.75) is 6.54 Å². The maximum Gasteiger partial charge on any atom is 0.191 e. The van der Waals surface area contributed by atoms with E-state index >= 15 is 0 Å². The smallest absolute Gasteiger partial charge is 0.191 e. The molecule has 0 fully saturated rings. The molecule has 0 aromatic heterocycles. The average Bonchev–Trinajstić information content (AvgIpc) is 2.43. The molecular formula is C13H20BrN3OS. The first kappa shape index (κ1) is 16.2. The number of methoxy groups -OCH3 is 1. The number of ether oxygens (including phenoxy) is 1. The van der Waals surface area contributed by atoms with Gasteiger partial charge in [-0.1, -0.05) is 15.9 Å². The molecule has 106 valence electrons. The summed E-state index contributed by atoms with van der Waals surface area (Å²) in [6.07, 6.45) is 2.09. The van der Waals surface area contributed by atoms with Crippen molar-refractivity contribution in [2.75, 3.05) is 32.7 Å². The van der Waals surface area contributed by atoms with Crippen LogP contribution in [-0.2, 0) is 6.54 Å². The van der Waals surface area contributed by atoms with Crippen LogP contribution in [0.15, 0.2) is 27.7 Å². The Morgan fingerprint density at radius 3 is 2.84 bits per heavy atom. The Balaban J connectivity index is 2.57. The molecule has 1 rings (SSSR count). The van der Waals surface area contributed by atoms with Crippen LogP contribution in [0.25, 0.3) is 0 Å². The van der Waals surface area contributed by atoms with Crippen molar-refractivity contribution < 1.29 is 4.74 Å². The first-order valence-corrected chi connectivity index (χ1v) is 8.15. The van der Waals surface area contributed by atoms with Gasteiger partial charge in [0.2, 0.25) is 0 Å². The minimum Gasteiger partial charge on any atom is -0.496 e. The fraction of sp³-hybridized carbons (Fsp3) is 0.462. The molecule has 0 saturated carbocycles. The highest BCUT2D eigenvalue weighted by Crippen LogP contribution is 2.22. The molecule has 4 nitrogen and oxygen atoms in total. The number of rotatable bonds is 6. The monoisotopic (exact) mass is 345 g/mol. The van der Waals surface area contributed by atoms with Crippen molar-refractivity contribution in [3.8, 4) is 5.75 Å². The molecule has 0 saturated heterocycles. The summed E-state index contributed by atoms with van der Waals surface area (Å²) in [4.78, 5) is 4.19. The van der Waals surface area contributed by atoms with Crippen LogP contribution in [0.3, 0.4) is 0 Å². The Morgan fingerprint density at radius 1 is 1.42 bits per heavy atom. The van der Waals surface area contributed by atoms with E-state index in [0.29, 0.717) is 6.54 Å². The summed E-state index contributed by atoms with van der Waals surface area (Å²) in [5.74, 6) is 2.73. The van der Waals surface area contributed by atoms with E-state index in [1.54, 1.807) is 25.9 Å². The Labute approximate surface area is 127 Å². The summed E-state index contributed by atoms with van der Waals surface area (Å²) in [5.41, 5.74) is 1.09. The van der Waals surface area contributed by atoms with E-state index in [-0.39, 0.29) is 0 Å². The number of guanidine groups is 1. The summed E-state index contributed by atoms with van der Waals surface area (Å²) in [7, 11) is 3.45. The van der Waals surface area contributed by atoms with Crippen LogP contribution in [0.5, 0.6) is 5.75 Å². The molecule has 6 heteroatoms. The number of hydrogen-bond acceptors (Lipinski definition) is 3. The zero-order valence-corrected chi connectivity index (χ0v) is 13.9. The molecule has 19 heavy (non-hydrogen) atoms. The van der Waals surface area contributed by atoms with Gasteiger partial charge in [-0.15, -0.1) is 0 Å². The van der Waals surface area contributed by atoms with Gasteiger partial charge >= 0.3 is 0 Å². The lowest BCUT2D eigenvalue weighted by atomic mass is 10.2. The van der Waals surface area contributed by atoms with E-state index in [0.717, 1.165) is 34.0 Å². The number of halogens is 1. The van der Waals surface area contributed by atoms with Gasteiger partial charge in [-0.25, -0.2) is 0 Å². The number of benzene rings is 1. The van der Waals surface area contributed by atoms with Crippen LogP contribution in [-0.4, -0.2) is 38.7 Å². The van der Waals surface area contributed by atoms with E-state index in [2.05, 4.69) is 37.8 Å². The molecule has 0 aliphatic carbocycles. The lowest BCUT2D eigenvalue weighted by Gasteiger charge is -2.13. The number of nitrogens with one attached hydrogen (secondary N) is 2. The third kappa shape index (κ3) is 5.74. The van der Waals surface area contributed by atoms with Crippen LogP contribution in [0.4, 0.5) is 0 Å². The molecular weight excluding hydrogens is 326 g/mol. The van der Waals surface area contributed by atoms with Crippen LogP contribution in [0.1, 0.15) is 5.56 Å². The van der Waals surface area contributed by atoms with Gasteiger partial charge in [0.25, 0.3) is 0 Å². The van der Waals surface area contributed by atoms with Crippen LogP contribution < -0.4 is 15.4 Å². The van der Waals surface area contributed by atoms with Gasteiger partial charge in [0, 0.05) is 35.9 Å². The number of hydrogen-bond donors (Lipinski definition) is 2. The fourth-order valence-electron chi connectivity index (χ4n) is 1.56. The van der Waals surface area contributed by atoms with Crippen molar-refractivity contribution in [3.05, 3.63) is 28.2 Å². The molecule has 2 N–H and O–H groups in total. The predicted octanol–water partition coefficient (Wildman–Crippen LogP) is 2.49. The molecule has 0 bridgehead atoms. The lowest BCUT2D eigenvalue weighted by molar-refractivity contribution is 0.409. The first-order valence-electron chi connectivity index (χ1n) is 5.97. The summed E-state index contributed by atoms with van der Waals surface area (Å²) in [5, 5.41) is 6.53. The van der Waals surface area contributed by atoms with Crippen molar-refractivity contribution in [1.29, 1.82) is 0 Å². The van der Waals surface area contributed by atoms with E-state index in [9.17, 15) is 0 Å². The Hall–Kier alpha value is -0.880. The third-order valence-corrected chi connectivity index (χ3v) is 3.62.